The van der Waals surface area contributed by atoms with Crippen LogP contribution >= 0.6 is 11.3 Å². The van der Waals surface area contributed by atoms with E-state index in [1.54, 1.807) is 12.1 Å². The van der Waals surface area contributed by atoms with Crippen LogP contribution in [0.2, 0.25) is 0 Å². The molecular formula is C29H32FN3O2S. The van der Waals surface area contributed by atoms with Crippen molar-refractivity contribution in [2.24, 2.45) is 0 Å². The number of halogens is 1. The summed E-state index contributed by atoms with van der Waals surface area (Å²) in [5, 5.41) is 2.18. The minimum absolute atomic E-state index is 0.0228. The first-order valence-corrected chi connectivity index (χ1v) is 13.5. The fourth-order valence-electron chi connectivity index (χ4n) is 5.36. The average molecular weight is 506 g/mol. The molecule has 0 radical (unpaired) electrons. The third kappa shape index (κ3) is 5.37. The van der Waals surface area contributed by atoms with Crippen molar-refractivity contribution in [3.05, 3.63) is 92.9 Å². The number of hydrogen-bond acceptors (Lipinski definition) is 4. The molecular weight excluding hydrogens is 473 g/mol. The minimum atomic E-state index is -0.302. The molecule has 2 aromatic carbocycles. The zero-order valence-electron chi connectivity index (χ0n) is 20.7. The van der Waals surface area contributed by atoms with Crippen molar-refractivity contribution in [2.45, 2.75) is 32.2 Å². The van der Waals surface area contributed by atoms with Gasteiger partial charge in [0.1, 0.15) is 5.82 Å². The van der Waals surface area contributed by atoms with E-state index in [4.69, 9.17) is 0 Å². The maximum Gasteiger partial charge on any atom is 0.227 e. The highest BCUT2D eigenvalue weighted by atomic mass is 32.1. The van der Waals surface area contributed by atoms with E-state index in [0.717, 1.165) is 25.1 Å². The Morgan fingerprint density at radius 3 is 2.31 bits per heavy atom. The van der Waals surface area contributed by atoms with Crippen LogP contribution in [0.15, 0.2) is 60.0 Å². The summed E-state index contributed by atoms with van der Waals surface area (Å²) in [4.78, 5) is 33.4. The first-order valence-electron chi connectivity index (χ1n) is 12.7. The molecule has 2 aliphatic rings. The maximum absolute atomic E-state index is 13.1. The molecule has 188 valence electrons. The van der Waals surface area contributed by atoms with Crippen molar-refractivity contribution in [2.75, 3.05) is 39.3 Å². The van der Waals surface area contributed by atoms with E-state index < -0.39 is 0 Å². The molecule has 3 heterocycles. The summed E-state index contributed by atoms with van der Waals surface area (Å²) in [5.74, 6) is -0.126. The second-order valence-electron chi connectivity index (χ2n) is 9.66. The first-order chi connectivity index (χ1) is 17.5. The van der Waals surface area contributed by atoms with Gasteiger partial charge >= 0.3 is 0 Å². The average Bonchev–Trinajstić information content (AvgIpc) is 3.38. The molecule has 5 nitrogen and oxygen atoms in total. The van der Waals surface area contributed by atoms with E-state index >= 15 is 0 Å². The molecule has 2 aliphatic heterocycles. The molecule has 1 atom stereocenters. The predicted molar refractivity (Wildman–Crippen MR) is 140 cm³/mol. The summed E-state index contributed by atoms with van der Waals surface area (Å²) in [6, 6.07) is 17.0. The summed E-state index contributed by atoms with van der Waals surface area (Å²) >= 11 is 1.83. The second-order valence-corrected chi connectivity index (χ2v) is 10.7. The van der Waals surface area contributed by atoms with Gasteiger partial charge in [0.15, 0.2) is 0 Å². The zero-order valence-corrected chi connectivity index (χ0v) is 21.5. The van der Waals surface area contributed by atoms with Gasteiger partial charge in [-0.1, -0.05) is 36.4 Å². The van der Waals surface area contributed by atoms with Crippen LogP contribution in [0.3, 0.4) is 0 Å². The van der Waals surface area contributed by atoms with Crippen molar-refractivity contribution in [3.63, 3.8) is 0 Å². The van der Waals surface area contributed by atoms with Crippen molar-refractivity contribution in [3.8, 4) is 0 Å². The summed E-state index contributed by atoms with van der Waals surface area (Å²) in [5.41, 5.74) is 4.77. The van der Waals surface area contributed by atoms with Crippen LogP contribution in [0.5, 0.6) is 0 Å². The van der Waals surface area contributed by atoms with Crippen molar-refractivity contribution >= 4 is 23.2 Å². The monoisotopic (exact) mass is 505 g/mol. The van der Waals surface area contributed by atoms with Gasteiger partial charge in [-0.15, -0.1) is 11.3 Å². The van der Waals surface area contributed by atoms with Gasteiger partial charge in [-0.25, -0.2) is 4.39 Å². The number of benzene rings is 2. The SMILES string of the molecule is Cc1ccccc1C1c2ccsc2CCN1CCC(=O)N1CCN(C(=O)Cc2ccc(F)cc2)CC1. The normalized spacial score (nSPS) is 18.2. The fraction of sp³-hybridized carbons (Fsp3) is 0.379. The van der Waals surface area contributed by atoms with Gasteiger partial charge in [0, 0.05) is 50.6 Å². The molecule has 36 heavy (non-hydrogen) atoms. The summed E-state index contributed by atoms with van der Waals surface area (Å²) < 4.78 is 13.1. The smallest absolute Gasteiger partial charge is 0.227 e. The van der Waals surface area contributed by atoms with E-state index in [1.807, 2.05) is 21.1 Å². The number of carbonyl (C=O) groups is 2. The van der Waals surface area contributed by atoms with E-state index in [1.165, 1.54) is 33.7 Å². The number of thiophene rings is 1. The molecule has 2 amide bonds. The number of carbonyl (C=O) groups excluding carboxylic acids is 2. The zero-order chi connectivity index (χ0) is 25.1. The van der Waals surface area contributed by atoms with Gasteiger partial charge in [0.25, 0.3) is 0 Å². The molecule has 0 bridgehead atoms. The number of nitrogens with zero attached hydrogens (tertiary/aromatic N) is 3. The molecule has 0 spiro atoms. The molecule has 0 aliphatic carbocycles. The Morgan fingerprint density at radius 2 is 1.58 bits per heavy atom. The van der Waals surface area contributed by atoms with Crippen LogP contribution in [-0.2, 0) is 22.4 Å². The molecule has 7 heteroatoms. The van der Waals surface area contributed by atoms with Gasteiger partial charge in [-0.2, -0.15) is 0 Å². The van der Waals surface area contributed by atoms with E-state index in [9.17, 15) is 14.0 Å². The largest absolute Gasteiger partial charge is 0.339 e. The molecule has 1 saturated heterocycles. The van der Waals surface area contributed by atoms with Gasteiger partial charge in [-0.3, -0.25) is 14.5 Å². The van der Waals surface area contributed by atoms with Crippen LogP contribution < -0.4 is 0 Å². The summed E-state index contributed by atoms with van der Waals surface area (Å²) in [6.45, 7) is 6.03. The lowest BCUT2D eigenvalue weighted by Gasteiger charge is -2.38. The Morgan fingerprint density at radius 1 is 0.889 bits per heavy atom. The van der Waals surface area contributed by atoms with Crippen LogP contribution in [0.4, 0.5) is 4.39 Å². The third-order valence-electron chi connectivity index (χ3n) is 7.42. The summed E-state index contributed by atoms with van der Waals surface area (Å²) in [7, 11) is 0. The minimum Gasteiger partial charge on any atom is -0.339 e. The fourth-order valence-corrected chi connectivity index (χ4v) is 6.26. The lowest BCUT2D eigenvalue weighted by molar-refractivity contribution is -0.139. The summed E-state index contributed by atoms with van der Waals surface area (Å²) in [6.07, 6.45) is 1.76. The molecule has 5 rings (SSSR count). The van der Waals surface area contributed by atoms with E-state index in [0.29, 0.717) is 32.6 Å². The molecule has 1 unspecified atom stereocenters. The van der Waals surface area contributed by atoms with Gasteiger partial charge in [0.05, 0.1) is 12.5 Å². The van der Waals surface area contributed by atoms with Crippen molar-refractivity contribution in [1.29, 1.82) is 0 Å². The Balaban J connectivity index is 1.16. The number of fused-ring (bicyclic) bond motifs is 1. The highest BCUT2D eigenvalue weighted by Crippen LogP contribution is 2.38. The lowest BCUT2D eigenvalue weighted by Crippen LogP contribution is -2.51. The maximum atomic E-state index is 13.1. The van der Waals surface area contributed by atoms with Crippen LogP contribution in [0.1, 0.15) is 39.6 Å². The second kappa shape index (κ2) is 10.9. The Labute approximate surface area is 216 Å². The Kier molecular flexibility index (Phi) is 7.48. The number of amides is 2. The van der Waals surface area contributed by atoms with Crippen LogP contribution in [-0.4, -0.2) is 65.8 Å². The molecule has 0 saturated carbocycles. The highest BCUT2D eigenvalue weighted by molar-refractivity contribution is 7.10. The van der Waals surface area contributed by atoms with Crippen LogP contribution in [0, 0.1) is 12.7 Å². The lowest BCUT2D eigenvalue weighted by atomic mass is 9.90. The molecule has 3 aromatic rings. The number of piperazine rings is 1. The van der Waals surface area contributed by atoms with Crippen LogP contribution in [0.25, 0.3) is 0 Å². The molecule has 1 aromatic heterocycles. The van der Waals surface area contributed by atoms with Gasteiger partial charge < -0.3 is 9.80 Å². The standard InChI is InChI=1S/C29H32FN3O2S/c1-21-4-2-3-5-24(21)29-25-12-19-36-26(25)10-13-33(29)14-11-27(34)31-15-17-32(18-16-31)28(35)20-22-6-8-23(30)9-7-22/h2-9,12,19,29H,10-11,13-18,20H2,1H3. The number of aryl methyl sites for hydroxylation is 1. The van der Waals surface area contributed by atoms with E-state index in [-0.39, 0.29) is 30.1 Å². The van der Waals surface area contributed by atoms with Crippen molar-refractivity contribution in [1.82, 2.24) is 14.7 Å². The van der Waals surface area contributed by atoms with Gasteiger partial charge in [-0.05, 0) is 59.2 Å². The Bertz CT molecular complexity index is 1220. The highest BCUT2D eigenvalue weighted by Gasteiger charge is 2.31. The third-order valence-corrected chi connectivity index (χ3v) is 8.41. The number of rotatable bonds is 6. The van der Waals surface area contributed by atoms with Crippen molar-refractivity contribution < 1.29 is 14.0 Å². The predicted octanol–water partition coefficient (Wildman–Crippen LogP) is 4.45. The van der Waals surface area contributed by atoms with Gasteiger partial charge in [0.2, 0.25) is 11.8 Å². The quantitative estimate of drug-likeness (QED) is 0.497. The Hall–Kier alpha value is -3.03. The van der Waals surface area contributed by atoms with E-state index in [2.05, 4.69) is 47.5 Å². The topological polar surface area (TPSA) is 43.9 Å². The number of hydrogen-bond donors (Lipinski definition) is 0. The molecule has 1 fully saturated rings. The molecule has 0 N–H and O–H groups in total. The first kappa shape index (κ1) is 24.7.